The molecule has 1 aromatic rings. The Morgan fingerprint density at radius 3 is 2.04 bits per heavy atom. The van der Waals surface area contributed by atoms with E-state index in [2.05, 4.69) is 32.9 Å². The topological polar surface area (TPSA) is 38.8 Å². The molecule has 28 heavy (non-hydrogen) atoms. The number of amides is 1. The first kappa shape index (κ1) is 23.5. The standard InChI is InChI=1S/C11H12NO3.3C4H9.Sn/c1-14-11(13)12-8-15-7-10(12)9-5-3-2-4-6-9;3*1-3-4-2;/h2-6,8,10H,7H2,1H3;3*1,3-4H2,2H3;/t10-;;;;/m0..../s1. The molecule has 0 aromatic heterocycles. The monoisotopic (exact) mass is 497 g/mol. The van der Waals surface area contributed by atoms with Crippen LogP contribution < -0.4 is 0 Å². The summed E-state index contributed by atoms with van der Waals surface area (Å²) >= 11 is -2.78. The molecule has 0 unspecified atom stereocenters. The van der Waals surface area contributed by atoms with Gasteiger partial charge in [0.2, 0.25) is 0 Å². The van der Waals surface area contributed by atoms with Gasteiger partial charge in [-0.1, -0.05) is 0 Å². The average Bonchev–Trinajstić information content (AvgIpc) is 3.19. The summed E-state index contributed by atoms with van der Waals surface area (Å²) in [6, 6.07) is 10.3. The Balaban J connectivity index is 2.41. The predicted molar refractivity (Wildman–Crippen MR) is 118 cm³/mol. The molecule has 1 fully saturated rings. The van der Waals surface area contributed by atoms with Gasteiger partial charge in [-0.15, -0.1) is 0 Å². The molecule has 0 radical (unpaired) electrons. The third kappa shape index (κ3) is 5.65. The van der Waals surface area contributed by atoms with Crippen LogP contribution in [0.1, 0.15) is 70.9 Å². The van der Waals surface area contributed by atoms with Crippen LogP contribution >= 0.6 is 0 Å². The van der Waals surface area contributed by atoms with Crippen molar-refractivity contribution >= 4 is 24.5 Å². The molecule has 0 spiro atoms. The molecule has 0 bridgehead atoms. The van der Waals surface area contributed by atoms with Crippen LogP contribution in [0.5, 0.6) is 0 Å². The van der Waals surface area contributed by atoms with E-state index in [1.165, 1.54) is 58.9 Å². The van der Waals surface area contributed by atoms with E-state index in [1.54, 1.807) is 0 Å². The number of carbonyl (C=O) groups is 1. The van der Waals surface area contributed by atoms with E-state index in [0.717, 1.165) is 5.56 Å². The number of ether oxygens (including phenoxy) is 2. The molecule has 1 saturated heterocycles. The number of unbranched alkanes of at least 4 members (excludes halogenated alkanes) is 3. The molecule has 2 atom stereocenters. The van der Waals surface area contributed by atoms with Crippen LogP contribution in [0, 0.1) is 0 Å². The molecular weight excluding hydrogens is 457 g/mol. The van der Waals surface area contributed by atoms with E-state index in [9.17, 15) is 4.79 Å². The van der Waals surface area contributed by atoms with Gasteiger partial charge in [0.15, 0.2) is 0 Å². The zero-order valence-corrected chi connectivity index (χ0v) is 21.1. The zero-order valence-electron chi connectivity index (χ0n) is 18.3. The van der Waals surface area contributed by atoms with Crippen molar-refractivity contribution < 1.29 is 14.3 Å². The molecule has 1 aliphatic heterocycles. The Morgan fingerprint density at radius 1 is 1.04 bits per heavy atom. The number of nitrogens with zero attached hydrogens (tertiary/aromatic N) is 1. The molecule has 5 heteroatoms. The first-order valence-electron chi connectivity index (χ1n) is 11.2. The maximum atomic E-state index is 12.9. The Bertz CT molecular complexity index is 559. The summed E-state index contributed by atoms with van der Waals surface area (Å²) in [5, 5.41) is 0. The van der Waals surface area contributed by atoms with Gasteiger partial charge < -0.3 is 0 Å². The average molecular weight is 496 g/mol. The summed E-state index contributed by atoms with van der Waals surface area (Å²) < 4.78 is 15.7. The second kappa shape index (κ2) is 12.1. The first-order chi connectivity index (χ1) is 13.6. The van der Waals surface area contributed by atoms with Crippen molar-refractivity contribution in [2.75, 3.05) is 13.7 Å². The fourth-order valence-electron chi connectivity index (χ4n) is 4.57. The number of benzene rings is 1. The van der Waals surface area contributed by atoms with Gasteiger partial charge in [0.05, 0.1) is 0 Å². The molecule has 1 aliphatic rings. The molecule has 158 valence electrons. The van der Waals surface area contributed by atoms with Crippen LogP contribution in [0.25, 0.3) is 0 Å². The van der Waals surface area contributed by atoms with Crippen molar-refractivity contribution in [3.05, 3.63) is 35.9 Å². The third-order valence-electron chi connectivity index (χ3n) is 6.18. The molecule has 1 aromatic carbocycles. The van der Waals surface area contributed by atoms with E-state index in [1.807, 2.05) is 23.1 Å². The number of methoxy groups -OCH3 is 1. The minimum atomic E-state index is -2.78. The Kier molecular flexibility index (Phi) is 10.1. The molecule has 0 aliphatic carbocycles. The van der Waals surface area contributed by atoms with E-state index >= 15 is 0 Å². The second-order valence-corrected chi connectivity index (χ2v) is 21.6. The van der Waals surface area contributed by atoms with Gasteiger partial charge in [-0.3, -0.25) is 0 Å². The maximum absolute atomic E-state index is 12.9. The summed E-state index contributed by atoms with van der Waals surface area (Å²) in [5.41, 5.74) is 1.15. The van der Waals surface area contributed by atoms with Gasteiger partial charge in [0.25, 0.3) is 0 Å². The van der Waals surface area contributed by atoms with Crippen LogP contribution in [0.3, 0.4) is 0 Å². The van der Waals surface area contributed by atoms with Crippen LogP contribution in [0.15, 0.2) is 30.3 Å². The first-order valence-corrected chi connectivity index (χ1v) is 18.9. The van der Waals surface area contributed by atoms with Crippen molar-refractivity contribution in [3.63, 3.8) is 0 Å². The molecule has 1 heterocycles. The van der Waals surface area contributed by atoms with Gasteiger partial charge in [0, 0.05) is 0 Å². The van der Waals surface area contributed by atoms with E-state index in [-0.39, 0.29) is 16.4 Å². The number of carbonyl (C=O) groups excluding carboxylic acids is 1. The summed E-state index contributed by atoms with van der Waals surface area (Å²) in [6.07, 6.45) is 7.19. The van der Waals surface area contributed by atoms with Crippen LogP contribution in [-0.2, 0) is 9.47 Å². The molecular formula is C23H39NO3Sn. The van der Waals surface area contributed by atoms with Gasteiger partial charge >= 0.3 is 176 Å². The van der Waals surface area contributed by atoms with Crippen molar-refractivity contribution in [2.24, 2.45) is 0 Å². The summed E-state index contributed by atoms with van der Waals surface area (Å²) in [7, 11) is 1.50. The number of hydrogen-bond donors (Lipinski definition) is 0. The van der Waals surface area contributed by atoms with E-state index in [4.69, 9.17) is 9.47 Å². The van der Waals surface area contributed by atoms with Crippen molar-refractivity contribution in [1.82, 2.24) is 4.90 Å². The fraction of sp³-hybridized carbons (Fsp3) is 0.696. The second-order valence-electron chi connectivity index (χ2n) is 8.16. The van der Waals surface area contributed by atoms with Crippen molar-refractivity contribution in [1.29, 1.82) is 0 Å². The van der Waals surface area contributed by atoms with Crippen LogP contribution in [0.2, 0.25) is 13.3 Å². The third-order valence-corrected chi connectivity index (χ3v) is 22.0. The number of hydrogen-bond acceptors (Lipinski definition) is 3. The van der Waals surface area contributed by atoms with E-state index < -0.39 is 18.4 Å². The molecule has 2 rings (SSSR count). The Morgan fingerprint density at radius 2 is 1.57 bits per heavy atom. The molecule has 0 saturated carbocycles. The Hall–Kier alpha value is -0.751. The normalized spacial score (nSPS) is 19.8. The molecule has 1 amide bonds. The van der Waals surface area contributed by atoms with Crippen LogP contribution in [-0.4, -0.2) is 47.3 Å². The van der Waals surface area contributed by atoms with Gasteiger partial charge in [-0.05, 0) is 0 Å². The van der Waals surface area contributed by atoms with Crippen LogP contribution in [0.4, 0.5) is 4.79 Å². The SMILES string of the molecule is CCC[CH2][Sn]([CH2]CCC)([CH2]CCC)[C@H]1OC[C@@H](c2ccccc2)N1C(=O)OC. The zero-order chi connectivity index (χ0) is 20.4. The number of rotatable bonds is 11. The predicted octanol–water partition coefficient (Wildman–Crippen LogP) is 6.54. The summed E-state index contributed by atoms with van der Waals surface area (Å²) in [6.45, 7) is 7.41. The summed E-state index contributed by atoms with van der Waals surface area (Å²) in [5.74, 6) is 0. The quantitative estimate of drug-likeness (QED) is 0.327. The van der Waals surface area contributed by atoms with Gasteiger partial charge in [0.1, 0.15) is 0 Å². The Labute approximate surface area is 175 Å². The minimum absolute atomic E-state index is 0.00314. The van der Waals surface area contributed by atoms with Gasteiger partial charge in [-0.25, -0.2) is 0 Å². The molecule has 4 nitrogen and oxygen atoms in total. The van der Waals surface area contributed by atoms with Crippen molar-refractivity contribution in [2.45, 2.75) is 82.9 Å². The fourth-order valence-corrected chi connectivity index (χ4v) is 21.7. The van der Waals surface area contributed by atoms with E-state index in [0.29, 0.717) is 6.61 Å². The van der Waals surface area contributed by atoms with Crippen molar-refractivity contribution in [3.8, 4) is 0 Å². The molecule has 0 N–H and O–H groups in total. The van der Waals surface area contributed by atoms with Gasteiger partial charge in [-0.2, -0.15) is 0 Å². The summed E-state index contributed by atoms with van der Waals surface area (Å²) in [4.78, 5) is 14.9.